The van der Waals surface area contributed by atoms with Gasteiger partial charge in [-0.25, -0.2) is 0 Å². The highest BCUT2D eigenvalue weighted by molar-refractivity contribution is 9.10. The molecule has 0 aliphatic carbocycles. The number of ether oxygens (including phenoxy) is 1. The number of hydrogen-bond donors (Lipinski definition) is 2. The van der Waals surface area contributed by atoms with E-state index >= 15 is 0 Å². The summed E-state index contributed by atoms with van der Waals surface area (Å²) in [5, 5.41) is 2.23. The molecule has 3 N–H and O–H groups in total. The summed E-state index contributed by atoms with van der Waals surface area (Å²) >= 11 is 3.49. The number of nitrogens with two attached hydrogens (primary N) is 1. The lowest BCUT2D eigenvalue weighted by molar-refractivity contribution is -0.136. The standard InChI is InChI=1S/C37H32BrN5O6/c38-28-19-21(18-27-32(28)37(48)43(36(27)47)30-12-13-31(44)41-35(30)46)20-42-16-14-22(15-17-42)29-11-10-26(34(39)45)33(40-29)23-6-8-25(9-7-23)49-24-4-2-1-3-5-24/h1-11,18-19,22,30H,12-17,20H2,(H2,39,45)(H,41,44,46). The minimum atomic E-state index is -1.02. The van der Waals surface area contributed by atoms with Gasteiger partial charge in [0.25, 0.3) is 17.7 Å². The number of nitrogens with zero attached hydrogens (tertiary/aromatic N) is 3. The van der Waals surface area contributed by atoms with Crippen molar-refractivity contribution < 1.29 is 28.7 Å². The SMILES string of the molecule is NC(=O)c1ccc(C2CCN(Cc3cc(Br)c4c(c3)C(=O)N(C3CCC(=O)NC3=O)C4=O)CC2)nc1-c1ccc(Oc2ccccc2)cc1. The van der Waals surface area contributed by atoms with E-state index in [4.69, 9.17) is 15.5 Å². The van der Waals surface area contributed by atoms with E-state index in [1.807, 2.05) is 66.7 Å². The molecule has 0 spiro atoms. The highest BCUT2D eigenvalue weighted by Crippen LogP contribution is 2.36. The van der Waals surface area contributed by atoms with Gasteiger partial charge >= 0.3 is 0 Å². The maximum absolute atomic E-state index is 13.4. The summed E-state index contributed by atoms with van der Waals surface area (Å²) in [5.41, 5.74) is 9.62. The smallest absolute Gasteiger partial charge is 0.263 e. The van der Waals surface area contributed by atoms with Crippen LogP contribution in [0, 0.1) is 0 Å². The quantitative estimate of drug-likeness (QED) is 0.236. The van der Waals surface area contributed by atoms with Gasteiger partial charge < -0.3 is 10.5 Å². The topological polar surface area (TPSA) is 152 Å². The van der Waals surface area contributed by atoms with Gasteiger partial charge in [-0.05, 0) is 115 Å². The molecular weight excluding hydrogens is 690 g/mol. The number of para-hydroxylation sites is 1. The Balaban J connectivity index is 1.03. The van der Waals surface area contributed by atoms with E-state index in [0.717, 1.165) is 53.4 Å². The Labute approximate surface area is 290 Å². The normalized spacial score (nSPS) is 18.4. The zero-order valence-electron chi connectivity index (χ0n) is 26.4. The van der Waals surface area contributed by atoms with Crippen molar-refractivity contribution in [3.63, 3.8) is 0 Å². The first-order chi connectivity index (χ1) is 23.7. The third kappa shape index (κ3) is 6.49. The Hall–Kier alpha value is -5.20. The van der Waals surface area contributed by atoms with Crippen molar-refractivity contribution >= 4 is 45.5 Å². The Bertz CT molecular complexity index is 1990. The average Bonchev–Trinajstić information content (AvgIpc) is 3.34. The Kier molecular flexibility index (Phi) is 8.82. The Morgan fingerprint density at radius 1 is 0.898 bits per heavy atom. The molecule has 3 aliphatic rings. The lowest BCUT2D eigenvalue weighted by Gasteiger charge is -2.32. The maximum atomic E-state index is 13.4. The van der Waals surface area contributed by atoms with Crippen molar-refractivity contribution in [3.8, 4) is 22.8 Å². The number of nitrogens with one attached hydrogen (secondary N) is 1. The van der Waals surface area contributed by atoms with Crippen molar-refractivity contribution in [2.75, 3.05) is 13.1 Å². The summed E-state index contributed by atoms with van der Waals surface area (Å²) in [6.45, 7) is 2.11. The van der Waals surface area contributed by atoms with Gasteiger partial charge in [0.2, 0.25) is 11.8 Å². The van der Waals surface area contributed by atoms with Crippen molar-refractivity contribution in [3.05, 3.63) is 111 Å². The van der Waals surface area contributed by atoms with Gasteiger partial charge in [-0.1, -0.05) is 18.2 Å². The van der Waals surface area contributed by atoms with Gasteiger partial charge in [-0.3, -0.25) is 44.1 Å². The molecular formula is C37H32BrN5O6. The highest BCUT2D eigenvalue weighted by Gasteiger charge is 2.45. The second-order valence-electron chi connectivity index (χ2n) is 12.4. The third-order valence-corrected chi connectivity index (χ3v) is 9.88. The molecule has 12 heteroatoms. The van der Waals surface area contributed by atoms with Gasteiger partial charge in [-0.2, -0.15) is 0 Å². The van der Waals surface area contributed by atoms with Crippen LogP contribution in [0.1, 0.15) is 73.9 Å². The molecule has 4 aromatic rings. The zero-order chi connectivity index (χ0) is 34.2. The summed E-state index contributed by atoms with van der Waals surface area (Å²) < 4.78 is 6.41. The lowest BCUT2D eigenvalue weighted by atomic mass is 9.91. The molecule has 0 radical (unpaired) electrons. The number of imide groups is 2. The van der Waals surface area contributed by atoms with Gasteiger partial charge in [0.15, 0.2) is 0 Å². The fourth-order valence-corrected chi connectivity index (χ4v) is 7.44. The van der Waals surface area contributed by atoms with Crippen molar-refractivity contribution in [2.24, 2.45) is 5.73 Å². The van der Waals surface area contributed by atoms with Crippen LogP contribution in [0.15, 0.2) is 83.3 Å². The van der Waals surface area contributed by atoms with Crippen LogP contribution in [-0.2, 0) is 16.1 Å². The third-order valence-electron chi connectivity index (χ3n) is 9.25. The molecule has 1 unspecified atom stereocenters. The van der Waals surface area contributed by atoms with Crippen LogP contribution >= 0.6 is 15.9 Å². The number of aromatic nitrogens is 1. The fourth-order valence-electron chi connectivity index (χ4n) is 6.77. The van der Waals surface area contributed by atoms with E-state index in [9.17, 15) is 24.0 Å². The second kappa shape index (κ2) is 13.4. The first kappa shape index (κ1) is 32.4. The number of carbonyl (C=O) groups is 5. The molecule has 1 aromatic heterocycles. The summed E-state index contributed by atoms with van der Waals surface area (Å²) in [6.07, 6.45) is 1.83. The van der Waals surface area contributed by atoms with Crippen LogP contribution in [-0.4, -0.2) is 63.5 Å². The number of amides is 5. The van der Waals surface area contributed by atoms with Crippen molar-refractivity contribution in [1.82, 2.24) is 20.1 Å². The predicted octanol–water partition coefficient (Wildman–Crippen LogP) is 5.18. The summed E-state index contributed by atoms with van der Waals surface area (Å²) in [4.78, 5) is 71.2. The molecule has 0 bridgehead atoms. The van der Waals surface area contributed by atoms with E-state index in [-0.39, 0.29) is 29.9 Å². The second-order valence-corrected chi connectivity index (χ2v) is 13.3. The molecule has 3 aromatic carbocycles. The van der Waals surface area contributed by atoms with Crippen LogP contribution in [0.2, 0.25) is 0 Å². The first-order valence-corrected chi connectivity index (χ1v) is 16.9. The van der Waals surface area contributed by atoms with Crippen molar-refractivity contribution in [1.29, 1.82) is 0 Å². The first-order valence-electron chi connectivity index (χ1n) is 16.1. The number of piperidine rings is 2. The lowest BCUT2D eigenvalue weighted by Crippen LogP contribution is -2.54. The van der Waals surface area contributed by atoms with Crippen molar-refractivity contribution in [2.45, 2.75) is 44.2 Å². The number of benzene rings is 3. The monoisotopic (exact) mass is 721 g/mol. The van der Waals surface area contributed by atoms with E-state index in [2.05, 4.69) is 26.1 Å². The molecule has 0 saturated carbocycles. The average molecular weight is 723 g/mol. The van der Waals surface area contributed by atoms with E-state index in [0.29, 0.717) is 28.0 Å². The largest absolute Gasteiger partial charge is 0.457 e. The van der Waals surface area contributed by atoms with E-state index in [1.54, 1.807) is 12.1 Å². The van der Waals surface area contributed by atoms with Gasteiger partial charge in [0.1, 0.15) is 17.5 Å². The molecule has 248 valence electrons. The summed E-state index contributed by atoms with van der Waals surface area (Å²) in [7, 11) is 0. The maximum Gasteiger partial charge on any atom is 0.263 e. The molecule has 7 rings (SSSR count). The van der Waals surface area contributed by atoms with Crippen LogP contribution in [0.4, 0.5) is 0 Å². The highest BCUT2D eigenvalue weighted by atomic mass is 79.9. The molecule has 49 heavy (non-hydrogen) atoms. The van der Waals surface area contributed by atoms with Gasteiger partial charge in [0.05, 0.1) is 22.4 Å². The number of fused-ring (bicyclic) bond motifs is 1. The fraction of sp³-hybridized carbons (Fsp3) is 0.243. The number of primary amides is 1. The van der Waals surface area contributed by atoms with Crippen LogP contribution in [0.25, 0.3) is 11.3 Å². The number of carbonyl (C=O) groups excluding carboxylic acids is 5. The minimum Gasteiger partial charge on any atom is -0.457 e. The summed E-state index contributed by atoms with van der Waals surface area (Å²) in [6, 6.07) is 23.1. The van der Waals surface area contributed by atoms with Crippen LogP contribution < -0.4 is 15.8 Å². The van der Waals surface area contributed by atoms with Gasteiger partial charge in [0, 0.05) is 34.6 Å². The number of rotatable bonds is 8. The number of pyridine rings is 1. The summed E-state index contributed by atoms with van der Waals surface area (Å²) in [5.74, 6) is -1.11. The van der Waals surface area contributed by atoms with E-state index in [1.165, 1.54) is 0 Å². The minimum absolute atomic E-state index is 0.0655. The molecule has 1 atom stereocenters. The van der Waals surface area contributed by atoms with Crippen LogP contribution in [0.5, 0.6) is 11.5 Å². The Morgan fingerprint density at radius 3 is 2.31 bits per heavy atom. The number of hydrogen-bond acceptors (Lipinski definition) is 8. The molecule has 4 heterocycles. The number of halogens is 1. The number of likely N-dealkylation sites (tertiary alicyclic amines) is 1. The Morgan fingerprint density at radius 2 is 1.61 bits per heavy atom. The zero-order valence-corrected chi connectivity index (χ0v) is 27.9. The molecule has 2 fully saturated rings. The van der Waals surface area contributed by atoms with E-state index < -0.39 is 35.6 Å². The molecule has 5 amide bonds. The molecule has 11 nitrogen and oxygen atoms in total. The van der Waals surface area contributed by atoms with Gasteiger partial charge in [-0.15, -0.1) is 0 Å². The predicted molar refractivity (Wildman–Crippen MR) is 183 cm³/mol. The van der Waals surface area contributed by atoms with Crippen LogP contribution in [0.3, 0.4) is 0 Å². The molecule has 2 saturated heterocycles. The molecule has 3 aliphatic heterocycles.